The van der Waals surface area contributed by atoms with Gasteiger partial charge in [0, 0.05) is 0 Å². The summed E-state index contributed by atoms with van der Waals surface area (Å²) in [5, 5.41) is 0. The Bertz CT molecular complexity index is 3840. The van der Waals surface area contributed by atoms with Crippen LogP contribution in [-0.2, 0) is 0 Å². The largest absolute Gasteiger partial charge is 0.490 e. The molecule has 0 saturated carbocycles. The molecule has 10 heteroatoms. The number of unbranched alkanes of at least 4 members (excludes halogenated alkanes) is 48. The zero-order valence-corrected chi connectivity index (χ0v) is 85.2. The maximum Gasteiger partial charge on any atom is 0.343 e. The average molecular weight is 1860 g/mol. The van der Waals surface area contributed by atoms with Crippen LogP contribution in [0.25, 0.3) is 24.3 Å². The van der Waals surface area contributed by atoms with E-state index in [2.05, 4.69) is 128 Å². The van der Waals surface area contributed by atoms with E-state index >= 15 is 0 Å². The van der Waals surface area contributed by atoms with Gasteiger partial charge in [0.05, 0.1) is 50.8 Å². The number of carbonyl (C=O) groups is 2. The lowest BCUT2D eigenvalue weighted by Crippen LogP contribution is -2.12. The molecule has 0 aliphatic heterocycles. The van der Waals surface area contributed by atoms with Crippen LogP contribution in [0.3, 0.4) is 0 Å². The van der Waals surface area contributed by atoms with Gasteiger partial charge in [0.1, 0.15) is 11.5 Å². The number of benzene rings is 5. The molecule has 746 valence electrons. The first-order chi connectivity index (χ1) is 66.6. The molecule has 0 fully saturated rings. The van der Waals surface area contributed by atoms with E-state index in [1.807, 2.05) is 85.0 Å². The highest BCUT2D eigenvalue weighted by Gasteiger charge is 2.24. The number of allylic oxidation sites excluding steroid dienone is 12. The highest BCUT2D eigenvalue weighted by molar-refractivity contribution is 5.93. The van der Waals surface area contributed by atoms with Crippen LogP contribution < -0.4 is 37.9 Å². The second-order valence-electron chi connectivity index (χ2n) is 37.7. The SMILES string of the molecule is C=CC(=C)CCCCCCCCCCCOc1cc(C(=O)Oc2ccc(/C=C/c3ccc(/C=C/c4ccc(OC(=O)c5cc(OCCCCCCCCCCCC(=C)C=C)c(OCCCCCCCCCCCC(=C)C=C)c(OCCCCCCCCCCCC(=C)C=C)c5)cc4)cc3)cc2)cc(OCCCCCCCCCCCC(=C)C=C)c1OCCCCCCCCCCCC(=C)C=C. The zero-order valence-electron chi connectivity index (χ0n) is 85.2. The molecule has 0 bridgehead atoms. The third-order valence-electron chi connectivity index (χ3n) is 25.7. The zero-order chi connectivity index (χ0) is 97.4. The third-order valence-corrected chi connectivity index (χ3v) is 25.7. The Morgan fingerprint density at radius 1 is 0.199 bits per heavy atom. The quantitative estimate of drug-likeness (QED) is 0.0123. The standard InChI is InChI=1S/C126H182O10/c1-13-105(7)73-61-49-37-25-19-31-43-55-67-95-129-119-101-115(102-120(130-96-68-56-44-32-20-26-38-50-62-74-106(8)14-2)123(119)133-99-71-59-47-35-23-29-41-53-65-77-109(11)17-5)125(127)135-117-91-87-113(88-92-117)85-83-111-79-81-112(82-80-111)84-86-114-89-93-118(94-90-114)136-126(128)116-103-121(131-97-69-57-45-33-21-27-39-51-63-75-107(9)15-3)124(134-100-72-60-48-36-24-30-42-54-66-78-110(12)18-6)122(104-116)132-98-70-58-46-34-22-28-40-52-64-76-108(10)16-4/h13-18,79-94,101-104H,1-12,19-78,95-100H2/b85-83+,86-84+. The van der Waals surface area contributed by atoms with Gasteiger partial charge >= 0.3 is 11.9 Å². The maximum atomic E-state index is 14.4. The summed E-state index contributed by atoms with van der Waals surface area (Å²) in [6.07, 6.45) is 88.8. The smallest absolute Gasteiger partial charge is 0.343 e. The van der Waals surface area contributed by atoms with E-state index in [0.29, 0.717) is 96.8 Å². The van der Waals surface area contributed by atoms with E-state index in [-0.39, 0.29) is 0 Å². The van der Waals surface area contributed by atoms with Crippen LogP contribution in [0.15, 0.2) is 246 Å². The fourth-order valence-corrected chi connectivity index (χ4v) is 16.7. The fourth-order valence-electron chi connectivity index (χ4n) is 16.7. The summed E-state index contributed by atoms with van der Waals surface area (Å²) in [4.78, 5) is 28.8. The molecular weight excluding hydrogens is 1670 g/mol. The van der Waals surface area contributed by atoms with Crippen LogP contribution in [0, 0.1) is 0 Å². The van der Waals surface area contributed by atoms with E-state index in [9.17, 15) is 9.59 Å². The summed E-state index contributed by atoms with van der Waals surface area (Å²) >= 11 is 0. The van der Waals surface area contributed by atoms with Crippen molar-refractivity contribution in [2.24, 2.45) is 0 Å². The highest BCUT2D eigenvalue weighted by Crippen LogP contribution is 2.43. The van der Waals surface area contributed by atoms with E-state index in [4.69, 9.17) is 37.9 Å². The molecule has 10 nitrogen and oxygen atoms in total. The monoisotopic (exact) mass is 1860 g/mol. The Morgan fingerprint density at radius 3 is 0.515 bits per heavy atom. The summed E-state index contributed by atoms with van der Waals surface area (Å²) in [7, 11) is 0. The molecule has 0 N–H and O–H groups in total. The molecule has 0 saturated heterocycles. The molecule has 136 heavy (non-hydrogen) atoms. The first-order valence-corrected chi connectivity index (χ1v) is 53.7. The average Bonchev–Trinajstić information content (AvgIpc) is 0.813. The third kappa shape index (κ3) is 58.1. The first kappa shape index (κ1) is 117. The predicted octanol–water partition coefficient (Wildman–Crippen LogP) is 38.6. The second-order valence-corrected chi connectivity index (χ2v) is 37.7. The van der Waals surface area contributed by atoms with E-state index in [1.54, 1.807) is 24.3 Å². The van der Waals surface area contributed by atoms with E-state index in [1.165, 1.54) is 231 Å². The van der Waals surface area contributed by atoms with Crippen LogP contribution in [0.2, 0.25) is 0 Å². The van der Waals surface area contributed by atoms with Crippen molar-refractivity contribution in [2.75, 3.05) is 39.6 Å². The van der Waals surface area contributed by atoms with E-state index in [0.717, 1.165) is 210 Å². The number of ether oxygens (including phenoxy) is 8. The molecule has 5 rings (SSSR count). The maximum absolute atomic E-state index is 14.4. The van der Waals surface area contributed by atoms with Gasteiger partial charge in [0.15, 0.2) is 23.0 Å². The highest BCUT2D eigenvalue weighted by atomic mass is 16.6. The van der Waals surface area contributed by atoms with Crippen LogP contribution in [0.1, 0.15) is 428 Å². The molecular formula is C126H182O10. The Morgan fingerprint density at radius 2 is 0.346 bits per heavy atom. The van der Waals surface area contributed by atoms with Crippen molar-refractivity contribution in [2.45, 2.75) is 385 Å². The topological polar surface area (TPSA) is 108 Å². The number of rotatable bonds is 92. The first-order valence-electron chi connectivity index (χ1n) is 53.7. The van der Waals surface area contributed by atoms with Gasteiger partial charge in [-0.05, 0) is 186 Å². The van der Waals surface area contributed by atoms with Crippen LogP contribution in [0.4, 0.5) is 0 Å². The molecule has 0 aliphatic carbocycles. The Kier molecular flexibility index (Phi) is 67.9. The minimum absolute atomic E-state index is 0.347. The minimum atomic E-state index is -0.495. The summed E-state index contributed by atoms with van der Waals surface area (Å²) < 4.78 is 52.3. The Balaban J connectivity index is 1.24. The molecule has 0 unspecified atom stereocenters. The van der Waals surface area contributed by atoms with Gasteiger partial charge in [-0.2, -0.15) is 0 Å². The van der Waals surface area contributed by atoms with Crippen molar-refractivity contribution >= 4 is 36.2 Å². The molecule has 0 amide bonds. The summed E-state index contributed by atoms with van der Waals surface area (Å²) in [6.45, 7) is 50.6. The van der Waals surface area contributed by atoms with Crippen LogP contribution >= 0.6 is 0 Å². The minimum Gasteiger partial charge on any atom is -0.490 e. The molecule has 0 spiro atoms. The van der Waals surface area contributed by atoms with E-state index < -0.39 is 11.9 Å². The number of hydrogen-bond donors (Lipinski definition) is 0. The van der Waals surface area contributed by atoms with Crippen LogP contribution in [0.5, 0.6) is 46.0 Å². The molecule has 5 aromatic rings. The van der Waals surface area contributed by atoms with Crippen molar-refractivity contribution in [3.63, 3.8) is 0 Å². The summed E-state index contributed by atoms with van der Waals surface area (Å²) in [6, 6.07) is 30.7. The van der Waals surface area contributed by atoms with Gasteiger partial charge in [-0.15, -0.1) is 0 Å². The Hall–Kier alpha value is -9.80. The van der Waals surface area contributed by atoms with Gasteiger partial charge in [-0.1, -0.05) is 491 Å². The number of hydrogen-bond acceptors (Lipinski definition) is 10. The van der Waals surface area contributed by atoms with Gasteiger partial charge in [0.2, 0.25) is 11.5 Å². The molecule has 5 aromatic carbocycles. The van der Waals surface area contributed by atoms with Crippen molar-refractivity contribution in [1.82, 2.24) is 0 Å². The normalized spacial score (nSPS) is 11.2. The molecule has 0 aromatic heterocycles. The summed E-state index contributed by atoms with van der Waals surface area (Å²) in [5.74, 6) is 3.07. The summed E-state index contributed by atoms with van der Waals surface area (Å²) in [5.41, 5.74) is 11.5. The number of carbonyl (C=O) groups excluding carboxylic acids is 2. The second kappa shape index (κ2) is 79.2. The number of esters is 2. The Labute approximate surface area is 828 Å². The molecule has 0 radical (unpaired) electrons. The molecule has 0 heterocycles. The lowest BCUT2D eigenvalue weighted by Gasteiger charge is -2.19. The van der Waals surface area contributed by atoms with Gasteiger partial charge in [-0.25, -0.2) is 9.59 Å². The van der Waals surface area contributed by atoms with Crippen LogP contribution in [-0.4, -0.2) is 51.6 Å². The lowest BCUT2D eigenvalue weighted by molar-refractivity contribution is 0.0724. The van der Waals surface area contributed by atoms with Crippen molar-refractivity contribution in [1.29, 1.82) is 0 Å². The fraction of sp³-hybridized carbons (Fsp3) is 0.524. The lowest BCUT2D eigenvalue weighted by atomic mass is 10.0. The van der Waals surface area contributed by atoms with Gasteiger partial charge in [0.25, 0.3) is 0 Å². The molecule has 0 aliphatic rings. The van der Waals surface area contributed by atoms with Crippen molar-refractivity contribution in [3.8, 4) is 46.0 Å². The van der Waals surface area contributed by atoms with Gasteiger partial charge in [-0.3, -0.25) is 0 Å². The van der Waals surface area contributed by atoms with Gasteiger partial charge < -0.3 is 37.9 Å². The molecule has 0 atom stereocenters. The predicted molar refractivity (Wildman–Crippen MR) is 586 cm³/mol. The van der Waals surface area contributed by atoms with Crippen molar-refractivity contribution < 1.29 is 47.5 Å². The van der Waals surface area contributed by atoms with Crippen molar-refractivity contribution in [3.05, 3.63) is 279 Å².